The van der Waals surface area contributed by atoms with Gasteiger partial charge in [0.05, 0.1) is 4.90 Å². The van der Waals surface area contributed by atoms with Crippen LogP contribution in [-0.2, 0) is 30.2 Å². The van der Waals surface area contributed by atoms with Gasteiger partial charge in [-0.05, 0) is 31.7 Å². The van der Waals surface area contributed by atoms with E-state index in [2.05, 4.69) is 10.0 Å². The Bertz CT molecular complexity index is 702. The summed E-state index contributed by atoms with van der Waals surface area (Å²) >= 11 is 1.60. The largest absolute Gasteiger partial charge is 0.352 e. The average molecular weight is 327 g/mol. The lowest BCUT2D eigenvalue weighted by Crippen LogP contribution is -2.22. The van der Waals surface area contributed by atoms with Crippen molar-refractivity contribution in [2.75, 3.05) is 6.54 Å². The standard InChI is InChI=1S/C14H21N3O2S2/c1-4-15-8-12-7-14(10-17(12)3)21(18,19)16-9-13-6-5-11(2)20-13/h5-7,10,15-16H,4,8-9H2,1-3H3. The zero-order chi connectivity index (χ0) is 15.5. The molecule has 0 aromatic carbocycles. The van der Waals surface area contributed by atoms with Crippen LogP contribution in [0.4, 0.5) is 0 Å². The summed E-state index contributed by atoms with van der Waals surface area (Å²) in [5.41, 5.74) is 0.948. The number of sulfonamides is 1. The van der Waals surface area contributed by atoms with Crippen molar-refractivity contribution in [3.63, 3.8) is 0 Å². The Morgan fingerprint density at radius 2 is 2.05 bits per heavy atom. The van der Waals surface area contributed by atoms with Crippen molar-refractivity contribution in [3.8, 4) is 0 Å². The quantitative estimate of drug-likeness (QED) is 0.817. The van der Waals surface area contributed by atoms with Crippen molar-refractivity contribution in [3.05, 3.63) is 39.8 Å². The van der Waals surface area contributed by atoms with Crippen LogP contribution in [0.15, 0.2) is 29.3 Å². The maximum Gasteiger partial charge on any atom is 0.242 e. The van der Waals surface area contributed by atoms with Crippen molar-refractivity contribution >= 4 is 21.4 Å². The maximum atomic E-state index is 12.3. The molecule has 0 aliphatic heterocycles. The summed E-state index contributed by atoms with van der Waals surface area (Å²) < 4.78 is 29.1. The van der Waals surface area contributed by atoms with E-state index >= 15 is 0 Å². The number of aryl methyl sites for hydroxylation is 2. The van der Waals surface area contributed by atoms with Crippen LogP contribution in [0.25, 0.3) is 0 Å². The van der Waals surface area contributed by atoms with Gasteiger partial charge in [-0.15, -0.1) is 11.3 Å². The average Bonchev–Trinajstić information content (AvgIpc) is 3.01. The highest BCUT2D eigenvalue weighted by molar-refractivity contribution is 7.89. The Morgan fingerprint density at radius 3 is 2.67 bits per heavy atom. The molecule has 0 atom stereocenters. The molecule has 0 saturated heterocycles. The van der Waals surface area contributed by atoms with E-state index in [1.165, 1.54) is 4.88 Å². The van der Waals surface area contributed by atoms with E-state index in [-0.39, 0.29) is 0 Å². The van der Waals surface area contributed by atoms with Crippen LogP contribution in [-0.4, -0.2) is 19.5 Å². The van der Waals surface area contributed by atoms with Gasteiger partial charge in [-0.3, -0.25) is 0 Å². The summed E-state index contributed by atoms with van der Waals surface area (Å²) in [6.45, 7) is 5.87. The summed E-state index contributed by atoms with van der Waals surface area (Å²) in [6, 6.07) is 5.65. The van der Waals surface area contributed by atoms with Gasteiger partial charge in [-0.2, -0.15) is 0 Å². The molecule has 2 rings (SSSR count). The molecule has 0 saturated carbocycles. The molecule has 2 heterocycles. The minimum Gasteiger partial charge on any atom is -0.352 e. The molecule has 2 N–H and O–H groups in total. The van der Waals surface area contributed by atoms with Gasteiger partial charge in [0, 0.05) is 41.8 Å². The summed E-state index contributed by atoms with van der Waals surface area (Å²) in [5, 5.41) is 3.20. The van der Waals surface area contributed by atoms with Crippen LogP contribution in [0.5, 0.6) is 0 Å². The molecule has 116 valence electrons. The Hall–Kier alpha value is -1.15. The molecule has 0 aliphatic rings. The van der Waals surface area contributed by atoms with E-state index in [9.17, 15) is 8.42 Å². The molecule has 2 aromatic heterocycles. The summed E-state index contributed by atoms with van der Waals surface area (Å²) in [5.74, 6) is 0. The molecule has 0 amide bonds. The minimum absolute atomic E-state index is 0.311. The van der Waals surface area contributed by atoms with Crippen molar-refractivity contribution < 1.29 is 8.42 Å². The lowest BCUT2D eigenvalue weighted by molar-refractivity contribution is 0.581. The van der Waals surface area contributed by atoms with Gasteiger partial charge < -0.3 is 9.88 Å². The third kappa shape index (κ3) is 4.16. The second-order valence-electron chi connectivity index (χ2n) is 4.90. The molecule has 0 bridgehead atoms. The third-order valence-corrected chi connectivity index (χ3v) is 5.55. The normalized spacial score (nSPS) is 12.0. The van der Waals surface area contributed by atoms with Crippen molar-refractivity contribution in [2.24, 2.45) is 7.05 Å². The monoisotopic (exact) mass is 327 g/mol. The van der Waals surface area contributed by atoms with E-state index in [0.717, 1.165) is 17.1 Å². The number of rotatable bonds is 7. The van der Waals surface area contributed by atoms with E-state index < -0.39 is 10.0 Å². The van der Waals surface area contributed by atoms with E-state index in [4.69, 9.17) is 0 Å². The topological polar surface area (TPSA) is 63.1 Å². The molecule has 0 radical (unpaired) electrons. The van der Waals surface area contributed by atoms with Crippen LogP contribution in [0.3, 0.4) is 0 Å². The van der Waals surface area contributed by atoms with Crippen LogP contribution < -0.4 is 10.0 Å². The van der Waals surface area contributed by atoms with Gasteiger partial charge in [0.1, 0.15) is 0 Å². The second-order valence-corrected chi connectivity index (χ2v) is 8.03. The van der Waals surface area contributed by atoms with E-state index in [1.54, 1.807) is 23.6 Å². The molecule has 0 spiro atoms. The van der Waals surface area contributed by atoms with Gasteiger partial charge in [0.15, 0.2) is 0 Å². The molecule has 2 aromatic rings. The molecule has 21 heavy (non-hydrogen) atoms. The summed E-state index contributed by atoms with van der Waals surface area (Å²) in [6.07, 6.45) is 1.65. The Labute approximate surface area is 130 Å². The fraction of sp³-hybridized carbons (Fsp3) is 0.429. The second kappa shape index (κ2) is 6.74. The highest BCUT2D eigenvalue weighted by Gasteiger charge is 2.17. The molecule has 0 unspecified atom stereocenters. The highest BCUT2D eigenvalue weighted by atomic mass is 32.2. The van der Waals surface area contributed by atoms with Gasteiger partial charge in [0.25, 0.3) is 0 Å². The Morgan fingerprint density at radius 1 is 1.29 bits per heavy atom. The fourth-order valence-corrected chi connectivity index (χ4v) is 4.00. The first-order valence-electron chi connectivity index (χ1n) is 6.83. The van der Waals surface area contributed by atoms with Crippen LogP contribution in [0, 0.1) is 6.92 Å². The van der Waals surface area contributed by atoms with Crippen molar-refractivity contribution in [1.29, 1.82) is 0 Å². The number of thiophene rings is 1. The zero-order valence-corrected chi connectivity index (χ0v) is 14.1. The highest BCUT2D eigenvalue weighted by Crippen LogP contribution is 2.17. The lowest BCUT2D eigenvalue weighted by Gasteiger charge is -2.03. The number of nitrogens with zero attached hydrogens (tertiary/aromatic N) is 1. The summed E-state index contributed by atoms with van der Waals surface area (Å²) in [7, 11) is -1.61. The number of hydrogen-bond donors (Lipinski definition) is 2. The van der Waals surface area contributed by atoms with E-state index in [0.29, 0.717) is 18.0 Å². The number of nitrogens with one attached hydrogen (secondary N) is 2. The SMILES string of the molecule is CCNCc1cc(S(=O)(=O)NCc2ccc(C)s2)cn1C. The van der Waals surface area contributed by atoms with Crippen LogP contribution in [0.2, 0.25) is 0 Å². The summed E-state index contributed by atoms with van der Waals surface area (Å²) in [4.78, 5) is 2.50. The maximum absolute atomic E-state index is 12.3. The molecule has 0 aliphatic carbocycles. The number of aromatic nitrogens is 1. The molecular weight excluding hydrogens is 306 g/mol. The van der Waals surface area contributed by atoms with Crippen molar-refractivity contribution in [2.45, 2.75) is 31.8 Å². The fourth-order valence-electron chi connectivity index (χ4n) is 1.98. The molecule has 5 nitrogen and oxygen atoms in total. The molecule has 0 fully saturated rings. The first kappa shape index (κ1) is 16.2. The molecule has 7 heteroatoms. The van der Waals surface area contributed by atoms with Gasteiger partial charge in [0.2, 0.25) is 10.0 Å². The van der Waals surface area contributed by atoms with Crippen LogP contribution >= 0.6 is 11.3 Å². The Balaban J connectivity index is 2.08. The van der Waals surface area contributed by atoms with Crippen molar-refractivity contribution in [1.82, 2.24) is 14.6 Å². The van der Waals surface area contributed by atoms with Gasteiger partial charge in [-0.1, -0.05) is 6.92 Å². The number of hydrogen-bond acceptors (Lipinski definition) is 4. The van der Waals surface area contributed by atoms with Crippen LogP contribution in [0.1, 0.15) is 22.4 Å². The predicted octanol–water partition coefficient (Wildman–Crippen LogP) is 1.98. The third-order valence-electron chi connectivity index (χ3n) is 3.18. The smallest absolute Gasteiger partial charge is 0.242 e. The van der Waals surface area contributed by atoms with Gasteiger partial charge in [-0.25, -0.2) is 13.1 Å². The van der Waals surface area contributed by atoms with E-state index in [1.807, 2.05) is 37.6 Å². The minimum atomic E-state index is -3.47. The Kier molecular flexibility index (Phi) is 5.21. The first-order valence-corrected chi connectivity index (χ1v) is 9.13. The first-order chi connectivity index (χ1) is 9.92. The zero-order valence-electron chi connectivity index (χ0n) is 12.5. The lowest BCUT2D eigenvalue weighted by atomic mass is 10.4. The molecular formula is C14H21N3O2S2. The van der Waals surface area contributed by atoms with Gasteiger partial charge >= 0.3 is 0 Å². The predicted molar refractivity (Wildman–Crippen MR) is 85.9 cm³/mol.